The summed E-state index contributed by atoms with van der Waals surface area (Å²) in [6.45, 7) is 5.87. The Morgan fingerprint density at radius 1 is 0.917 bits per heavy atom. The lowest BCUT2D eigenvalue weighted by Crippen LogP contribution is -1.70. The quantitative estimate of drug-likeness (QED) is 0.602. The lowest BCUT2D eigenvalue weighted by molar-refractivity contribution is 0.636. The summed E-state index contributed by atoms with van der Waals surface area (Å²) >= 11 is 3.24. The van der Waals surface area contributed by atoms with E-state index >= 15 is 0 Å². The van der Waals surface area contributed by atoms with Crippen molar-refractivity contribution < 1.29 is 4.39 Å². The van der Waals surface area contributed by atoms with E-state index in [1.54, 1.807) is 22.7 Å². The summed E-state index contributed by atoms with van der Waals surface area (Å²) in [5.41, 5.74) is 0. The van der Waals surface area contributed by atoms with Gasteiger partial charge in [0.25, 0.3) is 0 Å². The molecule has 0 aliphatic rings. The molecule has 64 valence electrons. The summed E-state index contributed by atoms with van der Waals surface area (Å²) in [6, 6.07) is 0. The molecule has 0 spiro atoms. The van der Waals surface area contributed by atoms with Crippen molar-refractivity contribution in [3.8, 4) is 0 Å². The summed E-state index contributed by atoms with van der Waals surface area (Å²) in [5, 5.41) is 0.847. The zero-order valence-corrected chi connectivity index (χ0v) is 8.83. The first-order chi connectivity index (χ1) is 5.61. The van der Waals surface area contributed by atoms with Crippen LogP contribution in [0.1, 0.15) is 14.6 Å². The van der Waals surface area contributed by atoms with Gasteiger partial charge in [0, 0.05) is 20.0 Å². The van der Waals surface area contributed by atoms with Gasteiger partial charge < -0.3 is 0 Å². The van der Waals surface area contributed by atoms with Crippen LogP contribution in [0.5, 0.6) is 0 Å². The van der Waals surface area contributed by atoms with Gasteiger partial charge in [-0.3, -0.25) is 0 Å². The fraction of sp³-hybridized carbons (Fsp3) is 0.333. The Morgan fingerprint density at radius 3 is 2.17 bits per heavy atom. The van der Waals surface area contributed by atoms with Gasteiger partial charge in [-0.05, 0) is 20.8 Å². The van der Waals surface area contributed by atoms with Gasteiger partial charge in [-0.25, -0.2) is 4.39 Å². The highest BCUT2D eigenvalue weighted by atomic mass is 32.1. The fourth-order valence-corrected chi connectivity index (χ4v) is 3.66. The number of thiophene rings is 2. The summed E-state index contributed by atoms with van der Waals surface area (Å²) < 4.78 is 14.6. The van der Waals surface area contributed by atoms with Crippen LogP contribution in [-0.4, -0.2) is 0 Å². The van der Waals surface area contributed by atoms with Crippen LogP contribution in [0.25, 0.3) is 10.1 Å². The molecule has 0 nitrogen and oxygen atoms in total. The van der Waals surface area contributed by atoms with Crippen LogP contribution in [0.2, 0.25) is 0 Å². The van der Waals surface area contributed by atoms with Gasteiger partial charge in [0.15, 0.2) is 0 Å². The molecule has 0 amide bonds. The average molecular weight is 200 g/mol. The van der Waals surface area contributed by atoms with Crippen LogP contribution < -0.4 is 0 Å². The number of hydrogen-bond acceptors (Lipinski definition) is 2. The molecule has 3 heteroatoms. The molecule has 0 aliphatic carbocycles. The summed E-state index contributed by atoms with van der Waals surface area (Å²) in [4.78, 5) is 3.14. The normalized spacial score (nSPS) is 11.3. The molecule has 0 saturated carbocycles. The second-order valence-corrected chi connectivity index (χ2v) is 5.54. The van der Waals surface area contributed by atoms with Crippen LogP contribution in [-0.2, 0) is 0 Å². The van der Waals surface area contributed by atoms with E-state index in [-0.39, 0.29) is 5.82 Å². The monoisotopic (exact) mass is 200 g/mol. The molecule has 2 aromatic heterocycles. The van der Waals surface area contributed by atoms with Crippen molar-refractivity contribution in [2.24, 2.45) is 0 Å². The van der Waals surface area contributed by atoms with E-state index in [4.69, 9.17) is 0 Å². The Balaban J connectivity index is 2.98. The van der Waals surface area contributed by atoms with E-state index in [1.165, 1.54) is 4.88 Å². The van der Waals surface area contributed by atoms with Crippen LogP contribution in [0, 0.1) is 26.6 Å². The molecule has 2 aromatic rings. The van der Waals surface area contributed by atoms with Gasteiger partial charge in [-0.1, -0.05) is 0 Å². The second-order valence-electron chi connectivity index (χ2n) is 2.89. The Kier molecular flexibility index (Phi) is 1.73. The minimum absolute atomic E-state index is 0.0168. The minimum Gasteiger partial charge on any atom is -0.205 e. The van der Waals surface area contributed by atoms with Crippen LogP contribution in [0.15, 0.2) is 0 Å². The van der Waals surface area contributed by atoms with Gasteiger partial charge in [0.1, 0.15) is 5.82 Å². The minimum atomic E-state index is -0.0168. The van der Waals surface area contributed by atoms with Crippen LogP contribution in [0.4, 0.5) is 4.39 Å². The van der Waals surface area contributed by atoms with Gasteiger partial charge in [0.05, 0.1) is 4.70 Å². The highest BCUT2D eigenvalue weighted by Gasteiger charge is 2.14. The third kappa shape index (κ3) is 0.930. The number of aryl methyl sites for hydroxylation is 3. The molecule has 0 aliphatic heterocycles. The third-order valence-corrected chi connectivity index (χ3v) is 4.34. The van der Waals surface area contributed by atoms with Crippen molar-refractivity contribution in [2.45, 2.75) is 20.8 Å². The first kappa shape index (κ1) is 8.20. The van der Waals surface area contributed by atoms with E-state index in [1.807, 2.05) is 13.8 Å². The van der Waals surface area contributed by atoms with Crippen LogP contribution >= 0.6 is 22.7 Å². The fourth-order valence-electron chi connectivity index (χ4n) is 1.41. The maximum Gasteiger partial charge on any atom is 0.145 e. The zero-order chi connectivity index (χ0) is 8.88. The van der Waals surface area contributed by atoms with E-state index in [2.05, 4.69) is 6.92 Å². The Bertz CT molecular complexity index is 437. The number of hydrogen-bond donors (Lipinski definition) is 0. The Morgan fingerprint density at radius 2 is 1.58 bits per heavy atom. The van der Waals surface area contributed by atoms with Crippen molar-refractivity contribution in [1.82, 2.24) is 0 Å². The lowest BCUT2D eigenvalue weighted by atomic mass is 10.3. The molecule has 0 saturated heterocycles. The van der Waals surface area contributed by atoms with E-state index in [9.17, 15) is 4.39 Å². The molecule has 0 unspecified atom stereocenters. The van der Waals surface area contributed by atoms with Crippen molar-refractivity contribution >= 4 is 32.8 Å². The highest BCUT2D eigenvalue weighted by molar-refractivity contribution is 7.24. The average Bonchev–Trinajstić information content (AvgIpc) is 2.41. The van der Waals surface area contributed by atoms with E-state index < -0.39 is 0 Å². The largest absolute Gasteiger partial charge is 0.205 e. The molecular weight excluding hydrogens is 191 g/mol. The SMILES string of the molecule is Cc1sc2c(C)sc(C)c2c1F. The molecule has 12 heavy (non-hydrogen) atoms. The number of halogens is 1. The van der Waals surface area contributed by atoms with Gasteiger partial charge >= 0.3 is 0 Å². The second kappa shape index (κ2) is 2.54. The molecule has 0 aromatic carbocycles. The van der Waals surface area contributed by atoms with Crippen LogP contribution in [0.3, 0.4) is 0 Å². The Hall–Kier alpha value is -0.410. The lowest BCUT2D eigenvalue weighted by Gasteiger charge is -1.84. The van der Waals surface area contributed by atoms with E-state index in [0.717, 1.165) is 19.8 Å². The maximum absolute atomic E-state index is 13.4. The van der Waals surface area contributed by atoms with Gasteiger partial charge in [-0.2, -0.15) is 0 Å². The molecule has 0 fully saturated rings. The predicted octanol–water partition coefficient (Wildman–Crippen LogP) is 4.03. The zero-order valence-electron chi connectivity index (χ0n) is 7.19. The molecule has 2 rings (SSSR count). The number of rotatable bonds is 0. The molecule has 0 radical (unpaired) electrons. The molecule has 0 atom stereocenters. The van der Waals surface area contributed by atoms with Crippen molar-refractivity contribution in [2.75, 3.05) is 0 Å². The first-order valence-corrected chi connectivity index (χ1v) is 5.39. The molecular formula is C9H9FS2. The number of fused-ring (bicyclic) bond motifs is 1. The maximum atomic E-state index is 13.4. The van der Waals surface area contributed by atoms with Crippen molar-refractivity contribution in [3.05, 3.63) is 20.4 Å². The first-order valence-electron chi connectivity index (χ1n) is 3.76. The van der Waals surface area contributed by atoms with Crippen molar-refractivity contribution in [3.63, 3.8) is 0 Å². The van der Waals surface area contributed by atoms with Gasteiger partial charge in [-0.15, -0.1) is 22.7 Å². The van der Waals surface area contributed by atoms with Crippen molar-refractivity contribution in [1.29, 1.82) is 0 Å². The third-order valence-electron chi connectivity index (χ3n) is 1.99. The molecule has 0 N–H and O–H groups in total. The van der Waals surface area contributed by atoms with E-state index in [0.29, 0.717) is 0 Å². The summed E-state index contributed by atoms with van der Waals surface area (Å²) in [5.74, 6) is -0.0168. The smallest absolute Gasteiger partial charge is 0.145 e. The summed E-state index contributed by atoms with van der Waals surface area (Å²) in [7, 11) is 0. The van der Waals surface area contributed by atoms with Gasteiger partial charge in [0.2, 0.25) is 0 Å². The topological polar surface area (TPSA) is 0 Å². The highest BCUT2D eigenvalue weighted by Crippen LogP contribution is 2.38. The Labute approximate surface area is 78.7 Å². The molecule has 2 heterocycles. The standard InChI is InChI=1S/C9H9FS2/c1-4-7-8(10)5(2)12-9(7)6(3)11-4/h1-3H3. The predicted molar refractivity (Wildman–Crippen MR) is 53.9 cm³/mol. The molecule has 0 bridgehead atoms. The summed E-state index contributed by atoms with van der Waals surface area (Å²) in [6.07, 6.45) is 0.